The van der Waals surface area contributed by atoms with Gasteiger partial charge in [0.2, 0.25) is 0 Å². The van der Waals surface area contributed by atoms with E-state index in [0.717, 1.165) is 0 Å². The minimum atomic E-state index is 0.312. The lowest BCUT2D eigenvalue weighted by molar-refractivity contribution is 0.177. The average molecular weight is 209 g/mol. The summed E-state index contributed by atoms with van der Waals surface area (Å²) in [5, 5.41) is 7.75. The summed E-state index contributed by atoms with van der Waals surface area (Å²) in [6.45, 7) is 0.312. The van der Waals surface area contributed by atoms with Crippen molar-refractivity contribution in [3.8, 4) is 0 Å². The van der Waals surface area contributed by atoms with Gasteiger partial charge in [-0.1, -0.05) is 12.2 Å². The highest BCUT2D eigenvalue weighted by Crippen LogP contribution is 2.04. The first kappa shape index (κ1) is 9.10. The van der Waals surface area contributed by atoms with Crippen molar-refractivity contribution in [2.75, 3.05) is 7.11 Å². The first-order valence-corrected chi connectivity index (χ1v) is 4.28. The number of rotatable bonds is 2. The van der Waals surface area contributed by atoms with Gasteiger partial charge in [0.1, 0.15) is 12.1 Å². The molecule has 14 heavy (non-hydrogen) atoms. The second-order valence-corrected chi connectivity index (χ2v) is 2.95. The van der Waals surface area contributed by atoms with Crippen LogP contribution in [0.4, 0.5) is 0 Å². The molecule has 0 saturated carbocycles. The molecule has 2 heterocycles. The fourth-order valence-corrected chi connectivity index (χ4v) is 1.20. The van der Waals surface area contributed by atoms with Crippen LogP contribution in [0.15, 0.2) is 6.33 Å². The van der Waals surface area contributed by atoms with Crippen molar-refractivity contribution in [3.63, 3.8) is 0 Å². The van der Waals surface area contributed by atoms with Crippen LogP contribution in [0.2, 0.25) is 0 Å². The maximum atomic E-state index is 5.00. The van der Waals surface area contributed by atoms with Crippen molar-refractivity contribution >= 4 is 23.4 Å². The third-order valence-corrected chi connectivity index (χ3v) is 1.89. The van der Waals surface area contributed by atoms with Crippen LogP contribution in [0.3, 0.4) is 0 Å². The van der Waals surface area contributed by atoms with E-state index in [4.69, 9.17) is 17.0 Å². The minimum absolute atomic E-state index is 0.312. The van der Waals surface area contributed by atoms with Gasteiger partial charge in [0.15, 0.2) is 16.1 Å². The lowest BCUT2D eigenvalue weighted by atomic mass is 10.5. The zero-order valence-electron chi connectivity index (χ0n) is 7.39. The number of nitrogens with one attached hydrogen (secondary N) is 1. The summed E-state index contributed by atoms with van der Waals surface area (Å²) in [5.74, 6) is 0.493. The van der Waals surface area contributed by atoms with E-state index < -0.39 is 0 Å². The van der Waals surface area contributed by atoms with Crippen LogP contribution >= 0.6 is 12.2 Å². The molecule has 1 N–H and O–H groups in total. The number of nitrogens with zero attached hydrogens (tertiary/aromatic N) is 4. The predicted octanol–water partition coefficient (Wildman–Crippen LogP) is 0.624. The van der Waals surface area contributed by atoms with Crippen molar-refractivity contribution in [2.24, 2.45) is 0 Å². The van der Waals surface area contributed by atoms with E-state index in [1.54, 1.807) is 7.11 Å². The van der Waals surface area contributed by atoms with Crippen molar-refractivity contribution in [2.45, 2.75) is 6.61 Å². The molecule has 72 valence electrons. The topological polar surface area (TPSA) is 76.6 Å². The molecule has 0 radical (unpaired) electrons. The summed E-state index contributed by atoms with van der Waals surface area (Å²) >= 11 is 5.00. The Morgan fingerprint density at radius 2 is 2.36 bits per heavy atom. The normalized spacial score (nSPS) is 10.6. The van der Waals surface area contributed by atoms with Crippen molar-refractivity contribution in [3.05, 3.63) is 16.8 Å². The number of fused-ring (bicyclic) bond motifs is 1. The second-order valence-electron chi connectivity index (χ2n) is 2.57. The number of ether oxygens (including phenoxy) is 1. The standard InChI is InChI=1S/C7H7N5OS/c1-13-2-4-10-5-6(12-11-4)8-3-9-7(5)14/h3H,2H2,1H3,(H,8,9,12,14). The Morgan fingerprint density at radius 1 is 1.50 bits per heavy atom. The molecule has 2 rings (SSSR count). The number of hydrogen-bond acceptors (Lipinski definition) is 6. The van der Waals surface area contributed by atoms with Gasteiger partial charge in [-0.15, -0.1) is 10.2 Å². The van der Waals surface area contributed by atoms with Crippen LogP contribution in [-0.4, -0.2) is 32.3 Å². The summed E-state index contributed by atoms with van der Waals surface area (Å²) in [4.78, 5) is 10.9. The van der Waals surface area contributed by atoms with E-state index >= 15 is 0 Å². The fraction of sp³-hybridized carbons (Fsp3) is 0.286. The molecule has 0 bridgehead atoms. The summed E-state index contributed by atoms with van der Waals surface area (Å²) in [6.07, 6.45) is 1.47. The van der Waals surface area contributed by atoms with Crippen LogP contribution < -0.4 is 0 Å². The van der Waals surface area contributed by atoms with Crippen molar-refractivity contribution in [1.82, 2.24) is 25.1 Å². The zero-order chi connectivity index (χ0) is 9.97. The average Bonchev–Trinajstić information content (AvgIpc) is 2.20. The van der Waals surface area contributed by atoms with Gasteiger partial charge in [0, 0.05) is 7.11 Å². The molecule has 0 amide bonds. The fourth-order valence-electron chi connectivity index (χ4n) is 1.01. The summed E-state index contributed by atoms with van der Waals surface area (Å²) in [5.41, 5.74) is 1.08. The molecule has 0 aromatic carbocycles. The highest BCUT2D eigenvalue weighted by Gasteiger charge is 2.02. The largest absolute Gasteiger partial charge is 0.377 e. The Bertz CT molecular complexity index is 511. The second kappa shape index (κ2) is 3.72. The maximum Gasteiger partial charge on any atom is 0.182 e. The first-order valence-electron chi connectivity index (χ1n) is 3.87. The van der Waals surface area contributed by atoms with Gasteiger partial charge in [-0.05, 0) is 0 Å². The molecule has 0 aliphatic heterocycles. The van der Waals surface area contributed by atoms with Crippen LogP contribution in [0.1, 0.15) is 5.82 Å². The molecular formula is C7H7N5OS. The van der Waals surface area contributed by atoms with Gasteiger partial charge in [-0.3, -0.25) is 0 Å². The van der Waals surface area contributed by atoms with E-state index in [-0.39, 0.29) is 0 Å². The SMILES string of the molecule is COCc1nnc2[nH]cnc(=S)c2n1. The van der Waals surface area contributed by atoms with Crippen LogP contribution in [0, 0.1) is 4.64 Å². The van der Waals surface area contributed by atoms with Gasteiger partial charge in [-0.25, -0.2) is 9.97 Å². The third-order valence-electron chi connectivity index (χ3n) is 1.59. The minimum Gasteiger partial charge on any atom is -0.377 e. The molecule has 0 spiro atoms. The van der Waals surface area contributed by atoms with E-state index in [1.165, 1.54) is 6.33 Å². The highest BCUT2D eigenvalue weighted by atomic mass is 32.1. The van der Waals surface area contributed by atoms with Crippen LogP contribution in [0.25, 0.3) is 11.2 Å². The summed E-state index contributed by atoms with van der Waals surface area (Å²) in [7, 11) is 1.57. The van der Waals surface area contributed by atoms with Crippen molar-refractivity contribution in [1.29, 1.82) is 0 Å². The Kier molecular flexibility index (Phi) is 2.42. The van der Waals surface area contributed by atoms with Crippen LogP contribution in [0.5, 0.6) is 0 Å². The molecule has 6 nitrogen and oxygen atoms in total. The maximum absolute atomic E-state index is 5.00. The molecule has 0 aliphatic rings. The molecule has 2 aromatic heterocycles. The molecule has 7 heteroatoms. The quantitative estimate of drug-likeness (QED) is 0.731. The molecule has 0 unspecified atom stereocenters. The first-order chi connectivity index (χ1) is 6.81. The van der Waals surface area contributed by atoms with Gasteiger partial charge in [-0.2, -0.15) is 0 Å². The van der Waals surface area contributed by atoms with Crippen LogP contribution in [-0.2, 0) is 11.3 Å². The third kappa shape index (κ3) is 1.59. The van der Waals surface area contributed by atoms with Gasteiger partial charge >= 0.3 is 0 Å². The molecule has 2 aromatic rings. The Morgan fingerprint density at radius 3 is 3.14 bits per heavy atom. The molecular weight excluding hydrogens is 202 g/mol. The number of methoxy groups -OCH3 is 1. The summed E-state index contributed by atoms with van der Waals surface area (Å²) in [6, 6.07) is 0. The number of aromatic amines is 1. The molecule has 0 saturated heterocycles. The van der Waals surface area contributed by atoms with Gasteiger partial charge < -0.3 is 9.72 Å². The van der Waals surface area contributed by atoms with E-state index in [9.17, 15) is 0 Å². The monoisotopic (exact) mass is 209 g/mol. The zero-order valence-corrected chi connectivity index (χ0v) is 8.21. The molecule has 0 fully saturated rings. The van der Waals surface area contributed by atoms with Gasteiger partial charge in [0.05, 0.1) is 6.33 Å². The summed E-state index contributed by atoms with van der Waals surface area (Å²) < 4.78 is 5.30. The lowest BCUT2D eigenvalue weighted by Gasteiger charge is -1.98. The van der Waals surface area contributed by atoms with E-state index in [0.29, 0.717) is 28.2 Å². The Labute approximate surface area is 84.4 Å². The Balaban J connectivity index is 2.64. The number of aromatic nitrogens is 5. The Hall–Kier alpha value is -1.47. The predicted molar refractivity (Wildman–Crippen MR) is 51.0 cm³/mol. The smallest absolute Gasteiger partial charge is 0.182 e. The molecule has 0 aliphatic carbocycles. The highest BCUT2D eigenvalue weighted by molar-refractivity contribution is 7.71. The van der Waals surface area contributed by atoms with E-state index in [2.05, 4.69) is 25.1 Å². The van der Waals surface area contributed by atoms with E-state index in [1.807, 2.05) is 0 Å². The number of hydrogen-bond donors (Lipinski definition) is 1. The lowest BCUT2D eigenvalue weighted by Crippen LogP contribution is -2.01. The molecule has 0 atom stereocenters. The number of H-pyrrole nitrogens is 1. The van der Waals surface area contributed by atoms with Gasteiger partial charge in [0.25, 0.3) is 0 Å². The van der Waals surface area contributed by atoms with Crippen molar-refractivity contribution < 1.29 is 4.74 Å².